The number of fused-ring (bicyclic) bond motifs is 1. The second-order valence-corrected chi connectivity index (χ2v) is 7.07. The second-order valence-electron chi connectivity index (χ2n) is 4.86. The van der Waals surface area contributed by atoms with Gasteiger partial charge in [-0.15, -0.1) is 11.3 Å². The van der Waals surface area contributed by atoms with Crippen molar-refractivity contribution in [3.8, 4) is 5.75 Å². The lowest BCUT2D eigenvalue weighted by molar-refractivity contribution is 0.415. The Morgan fingerprint density at radius 2 is 2.15 bits per heavy atom. The molecule has 1 heterocycles. The third kappa shape index (κ3) is 2.76. The number of halogens is 2. The van der Waals surface area contributed by atoms with Crippen molar-refractivity contribution in [1.29, 1.82) is 0 Å². The second kappa shape index (κ2) is 5.84. The molecular formula is C15H15Cl2NOS. The number of ether oxygens (including phenoxy) is 1. The summed E-state index contributed by atoms with van der Waals surface area (Å²) in [5.74, 6) is 0.808. The van der Waals surface area contributed by atoms with Crippen LogP contribution in [-0.4, -0.2) is 7.11 Å². The zero-order chi connectivity index (χ0) is 14.1. The number of nitrogens with one attached hydrogen (secondary N) is 1. The number of hydrogen-bond donors (Lipinski definition) is 1. The summed E-state index contributed by atoms with van der Waals surface area (Å²) in [7, 11) is 1.67. The van der Waals surface area contributed by atoms with Crippen molar-refractivity contribution in [2.75, 3.05) is 12.4 Å². The van der Waals surface area contributed by atoms with Crippen molar-refractivity contribution < 1.29 is 4.74 Å². The molecule has 0 amide bonds. The predicted molar refractivity (Wildman–Crippen MR) is 86.6 cm³/mol. The van der Waals surface area contributed by atoms with Gasteiger partial charge in [-0.2, -0.15) is 0 Å². The van der Waals surface area contributed by atoms with Crippen LogP contribution in [0.4, 0.5) is 5.69 Å². The summed E-state index contributed by atoms with van der Waals surface area (Å²) < 4.78 is 6.25. The first-order chi connectivity index (χ1) is 9.67. The molecule has 1 atom stereocenters. The molecule has 2 nitrogen and oxygen atoms in total. The van der Waals surface area contributed by atoms with Gasteiger partial charge in [0.15, 0.2) is 0 Å². The molecule has 0 spiro atoms. The van der Waals surface area contributed by atoms with Crippen LogP contribution in [0, 0.1) is 0 Å². The number of methoxy groups -OCH3 is 1. The predicted octanol–water partition coefficient (Wildman–Crippen LogP) is 5.55. The maximum absolute atomic E-state index is 6.15. The van der Waals surface area contributed by atoms with Crippen molar-refractivity contribution in [2.45, 2.75) is 25.3 Å². The first-order valence-electron chi connectivity index (χ1n) is 6.55. The highest BCUT2D eigenvalue weighted by Crippen LogP contribution is 2.41. The number of aryl methyl sites for hydroxylation is 1. The molecule has 1 aromatic carbocycles. The Bertz CT molecular complexity index is 626. The van der Waals surface area contributed by atoms with E-state index in [2.05, 4.69) is 11.4 Å². The van der Waals surface area contributed by atoms with Gasteiger partial charge in [0.05, 0.1) is 23.2 Å². The molecule has 2 aromatic rings. The molecule has 0 saturated heterocycles. The van der Waals surface area contributed by atoms with Crippen molar-refractivity contribution in [3.63, 3.8) is 0 Å². The summed E-state index contributed by atoms with van der Waals surface area (Å²) >= 11 is 13.9. The minimum absolute atomic E-state index is 0.273. The fourth-order valence-electron chi connectivity index (χ4n) is 2.65. The van der Waals surface area contributed by atoms with Crippen LogP contribution in [0.5, 0.6) is 5.75 Å². The molecule has 1 N–H and O–H groups in total. The lowest BCUT2D eigenvalue weighted by Gasteiger charge is -2.25. The molecule has 0 fully saturated rings. The monoisotopic (exact) mass is 327 g/mol. The highest BCUT2D eigenvalue weighted by molar-refractivity contribution is 7.16. The summed E-state index contributed by atoms with van der Waals surface area (Å²) in [6, 6.07) is 7.97. The highest BCUT2D eigenvalue weighted by atomic mass is 35.5. The normalized spacial score (nSPS) is 17.6. The molecule has 3 rings (SSSR count). The van der Waals surface area contributed by atoms with Crippen LogP contribution in [0.25, 0.3) is 0 Å². The Hall–Kier alpha value is -0.900. The van der Waals surface area contributed by atoms with Crippen LogP contribution < -0.4 is 10.1 Å². The van der Waals surface area contributed by atoms with Gasteiger partial charge in [0.25, 0.3) is 0 Å². The zero-order valence-corrected chi connectivity index (χ0v) is 13.4. The van der Waals surface area contributed by atoms with Gasteiger partial charge in [-0.3, -0.25) is 0 Å². The number of anilines is 1. The van der Waals surface area contributed by atoms with Crippen LogP contribution in [0.3, 0.4) is 0 Å². The van der Waals surface area contributed by atoms with E-state index in [9.17, 15) is 0 Å². The van der Waals surface area contributed by atoms with E-state index in [0.29, 0.717) is 5.02 Å². The maximum atomic E-state index is 6.15. The van der Waals surface area contributed by atoms with Gasteiger partial charge >= 0.3 is 0 Å². The molecule has 20 heavy (non-hydrogen) atoms. The molecule has 106 valence electrons. The fraction of sp³-hybridized carbons (Fsp3) is 0.333. The van der Waals surface area contributed by atoms with Crippen molar-refractivity contribution >= 4 is 40.2 Å². The van der Waals surface area contributed by atoms with Gasteiger partial charge in [0.1, 0.15) is 5.75 Å². The average molecular weight is 328 g/mol. The summed E-state index contributed by atoms with van der Waals surface area (Å²) in [6.45, 7) is 0. The Kier molecular flexibility index (Phi) is 4.11. The van der Waals surface area contributed by atoms with Crippen molar-refractivity contribution in [2.24, 2.45) is 0 Å². The molecule has 1 aliphatic carbocycles. The minimum Gasteiger partial charge on any atom is -0.495 e. The first kappa shape index (κ1) is 14.1. The third-order valence-electron chi connectivity index (χ3n) is 3.57. The smallest absolute Gasteiger partial charge is 0.142 e. The van der Waals surface area contributed by atoms with Gasteiger partial charge in [0.2, 0.25) is 0 Å². The molecule has 1 aromatic heterocycles. The molecule has 0 saturated carbocycles. The minimum atomic E-state index is 0.273. The summed E-state index contributed by atoms with van der Waals surface area (Å²) in [6.07, 6.45) is 3.39. The molecule has 1 unspecified atom stereocenters. The molecule has 0 radical (unpaired) electrons. The van der Waals surface area contributed by atoms with E-state index in [-0.39, 0.29) is 6.04 Å². The molecule has 0 bridgehead atoms. The van der Waals surface area contributed by atoms with Crippen LogP contribution >= 0.6 is 34.5 Å². The lowest BCUT2D eigenvalue weighted by atomic mass is 9.94. The maximum Gasteiger partial charge on any atom is 0.142 e. The molecule has 1 aliphatic rings. The average Bonchev–Trinajstić information content (AvgIpc) is 2.80. The van der Waals surface area contributed by atoms with Gasteiger partial charge < -0.3 is 10.1 Å². The van der Waals surface area contributed by atoms with E-state index in [1.807, 2.05) is 18.2 Å². The van der Waals surface area contributed by atoms with Crippen molar-refractivity contribution in [1.82, 2.24) is 0 Å². The lowest BCUT2D eigenvalue weighted by Crippen LogP contribution is -2.16. The van der Waals surface area contributed by atoms with Crippen LogP contribution in [0.1, 0.15) is 29.3 Å². The first-order valence-corrected chi connectivity index (χ1v) is 8.13. The van der Waals surface area contributed by atoms with E-state index in [4.69, 9.17) is 27.9 Å². The van der Waals surface area contributed by atoms with E-state index in [1.165, 1.54) is 16.9 Å². The van der Waals surface area contributed by atoms with E-state index in [0.717, 1.165) is 28.6 Å². The van der Waals surface area contributed by atoms with Gasteiger partial charge in [-0.1, -0.05) is 23.2 Å². The van der Waals surface area contributed by atoms with E-state index in [1.54, 1.807) is 18.4 Å². The number of hydrogen-bond acceptors (Lipinski definition) is 3. The van der Waals surface area contributed by atoms with Gasteiger partial charge in [0, 0.05) is 9.90 Å². The van der Waals surface area contributed by atoms with Crippen LogP contribution in [-0.2, 0) is 6.42 Å². The Morgan fingerprint density at radius 3 is 2.95 bits per heavy atom. The third-order valence-corrected chi connectivity index (χ3v) is 5.15. The van der Waals surface area contributed by atoms with Crippen LogP contribution in [0.2, 0.25) is 9.36 Å². The number of benzene rings is 1. The fourth-order valence-corrected chi connectivity index (χ4v) is 4.21. The van der Waals surface area contributed by atoms with Gasteiger partial charge in [-0.05, 0) is 49.1 Å². The topological polar surface area (TPSA) is 21.3 Å². The van der Waals surface area contributed by atoms with Gasteiger partial charge in [-0.25, -0.2) is 0 Å². The molecule has 5 heteroatoms. The highest BCUT2D eigenvalue weighted by Gasteiger charge is 2.23. The van der Waals surface area contributed by atoms with E-state index >= 15 is 0 Å². The molecule has 0 aliphatic heterocycles. The quantitative estimate of drug-likeness (QED) is 0.797. The Labute approximate surface area is 132 Å². The van der Waals surface area contributed by atoms with Crippen molar-refractivity contribution in [3.05, 3.63) is 44.1 Å². The Balaban J connectivity index is 1.90. The van der Waals surface area contributed by atoms with Crippen LogP contribution in [0.15, 0.2) is 24.3 Å². The summed E-state index contributed by atoms with van der Waals surface area (Å²) in [4.78, 5) is 1.39. The Morgan fingerprint density at radius 1 is 1.30 bits per heavy atom. The molecular weight excluding hydrogens is 313 g/mol. The summed E-state index contributed by atoms with van der Waals surface area (Å²) in [5.41, 5.74) is 2.24. The number of thiophene rings is 1. The SMILES string of the molecule is COc1ccc(Cl)cc1NC1CCCc2sc(Cl)cc21. The standard InChI is InChI=1S/C15H15Cl2NOS/c1-19-13-6-5-9(16)7-12(13)18-11-3-2-4-14-10(11)8-15(17)20-14/h5-8,11,18H,2-4H2,1H3. The number of rotatable bonds is 3. The summed E-state index contributed by atoms with van der Waals surface area (Å²) in [5, 5.41) is 4.25. The van der Waals surface area contributed by atoms with E-state index < -0.39 is 0 Å². The zero-order valence-electron chi connectivity index (χ0n) is 11.1. The largest absolute Gasteiger partial charge is 0.495 e.